The van der Waals surface area contributed by atoms with Gasteiger partial charge in [-0.3, -0.25) is 9.59 Å². The normalized spacial score (nSPS) is 16.0. The van der Waals surface area contributed by atoms with E-state index >= 15 is 4.39 Å². The molecule has 4 rings (SSSR count). The summed E-state index contributed by atoms with van der Waals surface area (Å²) in [5.74, 6) is -0.669. The molecule has 3 aromatic rings. The number of anilines is 1. The van der Waals surface area contributed by atoms with E-state index in [2.05, 4.69) is 16.9 Å². The van der Waals surface area contributed by atoms with E-state index in [9.17, 15) is 19.4 Å². The summed E-state index contributed by atoms with van der Waals surface area (Å²) in [7, 11) is 0. The molecular weight excluding hydrogens is 603 g/mol. The number of aliphatic imine (C=N–C) groups is 1. The second-order valence-electron chi connectivity index (χ2n) is 10.5. The van der Waals surface area contributed by atoms with E-state index in [1.54, 1.807) is 23.3 Å². The number of hydrogen-bond donors (Lipinski definition) is 1. The van der Waals surface area contributed by atoms with Crippen molar-refractivity contribution in [2.45, 2.75) is 37.6 Å². The number of aromatic nitrogens is 1. The molecular formula is C32H32ClFN6O3S. The van der Waals surface area contributed by atoms with Crippen LogP contribution in [0.15, 0.2) is 65.0 Å². The van der Waals surface area contributed by atoms with Gasteiger partial charge < -0.3 is 19.7 Å². The molecule has 0 saturated carbocycles. The van der Waals surface area contributed by atoms with Gasteiger partial charge in [0.05, 0.1) is 16.1 Å². The van der Waals surface area contributed by atoms with Gasteiger partial charge in [-0.1, -0.05) is 56.3 Å². The third kappa shape index (κ3) is 6.63. The van der Waals surface area contributed by atoms with Crippen molar-refractivity contribution in [2.24, 2.45) is 4.99 Å². The number of rotatable bonds is 8. The number of hydrogen-bond acceptors (Lipinski definition) is 6. The predicted octanol–water partition coefficient (Wildman–Crippen LogP) is 5.64. The van der Waals surface area contributed by atoms with E-state index in [0.717, 1.165) is 5.56 Å². The molecule has 228 valence electrons. The molecule has 9 nitrogen and oxygen atoms in total. The fourth-order valence-corrected chi connectivity index (χ4v) is 6.12. The molecule has 1 fully saturated rings. The highest BCUT2D eigenvalue weighted by molar-refractivity contribution is 7.90. The highest BCUT2D eigenvalue weighted by Gasteiger charge is 2.32. The number of benzene rings is 2. The van der Waals surface area contributed by atoms with Crippen LogP contribution in [0.4, 0.5) is 15.9 Å². The van der Waals surface area contributed by atoms with Crippen LogP contribution in [-0.2, 0) is 20.8 Å². The topological polar surface area (TPSA) is 125 Å². The number of piperazine rings is 1. The maximum Gasteiger partial charge on any atom is 0.246 e. The maximum atomic E-state index is 16.1. The number of carbonyl (C=O) groups excluding carboxylic acids is 2. The Balaban J connectivity index is 2.01. The lowest BCUT2D eigenvalue weighted by molar-refractivity contribution is -0.128. The summed E-state index contributed by atoms with van der Waals surface area (Å²) < 4.78 is 28.9. The molecule has 0 spiro atoms. The molecule has 0 aliphatic carbocycles. The molecule has 2 atom stereocenters. The van der Waals surface area contributed by atoms with Crippen LogP contribution in [0, 0.1) is 17.1 Å². The zero-order chi connectivity index (χ0) is 32.1. The average molecular weight is 635 g/mol. The molecule has 2 amide bonds. The Morgan fingerprint density at radius 1 is 1.32 bits per heavy atom. The van der Waals surface area contributed by atoms with Crippen molar-refractivity contribution in [1.82, 2.24) is 14.8 Å². The highest BCUT2D eigenvalue weighted by Crippen LogP contribution is 2.37. The van der Waals surface area contributed by atoms with Crippen molar-refractivity contribution < 1.29 is 18.5 Å². The van der Waals surface area contributed by atoms with Gasteiger partial charge in [0.2, 0.25) is 12.3 Å². The molecule has 2 aromatic carbocycles. The van der Waals surface area contributed by atoms with Crippen LogP contribution in [0.25, 0.3) is 11.3 Å². The SMILES string of the molecule is C=CC(=O)N1CCN(/C(=N/c2c(C(C)C)cccc2[S+](C)[O-])c2cc(F)c(-c3cccc(C#N)c3Cl)nc2NC=O)C(C)C1. The summed E-state index contributed by atoms with van der Waals surface area (Å²) in [4.78, 5) is 37.8. The van der Waals surface area contributed by atoms with Crippen molar-refractivity contribution in [1.29, 1.82) is 5.26 Å². The zero-order valence-corrected chi connectivity index (χ0v) is 26.4. The van der Waals surface area contributed by atoms with E-state index in [4.69, 9.17) is 16.6 Å². The molecule has 1 aliphatic heterocycles. The molecule has 1 aliphatic rings. The number of amidine groups is 1. The van der Waals surface area contributed by atoms with Gasteiger partial charge in [0, 0.05) is 31.2 Å². The van der Waals surface area contributed by atoms with Crippen LogP contribution in [0.2, 0.25) is 5.02 Å². The van der Waals surface area contributed by atoms with Gasteiger partial charge in [-0.2, -0.15) is 5.26 Å². The fraction of sp³-hybridized carbons (Fsp3) is 0.281. The number of para-hydroxylation sites is 1. The lowest BCUT2D eigenvalue weighted by Crippen LogP contribution is -2.55. The first-order valence-electron chi connectivity index (χ1n) is 13.8. The summed E-state index contributed by atoms with van der Waals surface area (Å²) in [6.45, 7) is 10.5. The van der Waals surface area contributed by atoms with E-state index in [0.29, 0.717) is 36.6 Å². The van der Waals surface area contributed by atoms with E-state index in [1.807, 2.05) is 43.9 Å². The zero-order valence-electron chi connectivity index (χ0n) is 24.8. The molecule has 1 aromatic heterocycles. The molecule has 0 bridgehead atoms. The van der Waals surface area contributed by atoms with Crippen LogP contribution in [0.3, 0.4) is 0 Å². The van der Waals surface area contributed by atoms with Crippen molar-refractivity contribution in [3.8, 4) is 17.3 Å². The summed E-state index contributed by atoms with van der Waals surface area (Å²) in [6, 6.07) is 13.0. The lowest BCUT2D eigenvalue weighted by Gasteiger charge is -2.41. The second-order valence-corrected chi connectivity index (χ2v) is 12.3. The fourth-order valence-electron chi connectivity index (χ4n) is 5.16. The molecule has 12 heteroatoms. The molecule has 2 unspecified atom stereocenters. The monoisotopic (exact) mass is 634 g/mol. The number of nitrogens with zero attached hydrogens (tertiary/aromatic N) is 5. The van der Waals surface area contributed by atoms with Crippen molar-refractivity contribution in [3.05, 3.63) is 82.6 Å². The first-order valence-corrected chi connectivity index (χ1v) is 15.8. The minimum Gasteiger partial charge on any atom is -0.612 e. The van der Waals surface area contributed by atoms with Crippen LogP contribution < -0.4 is 5.32 Å². The number of halogens is 2. The van der Waals surface area contributed by atoms with Crippen LogP contribution in [-0.4, -0.2) is 69.4 Å². The standard InChI is InChI=1S/C32H32ClFN6O3S/c1-6-27(42)39-13-14-40(20(4)17-39)32(38-30-22(19(2)3)10-8-12-26(30)44(5)43)24-15-25(34)29(37-31(24)36-18-41)23-11-7-9-21(16-35)28(23)33/h6-12,15,18-20H,1,13-14,17H2,2-5H3,(H,36,37,41)/b38-32+. The largest absolute Gasteiger partial charge is 0.612 e. The van der Waals surface area contributed by atoms with E-state index in [1.165, 1.54) is 24.3 Å². The van der Waals surface area contributed by atoms with Gasteiger partial charge in [0.25, 0.3) is 0 Å². The summed E-state index contributed by atoms with van der Waals surface area (Å²) in [5, 5.41) is 12.0. The quantitative estimate of drug-likeness (QED) is 0.112. The Hall–Kier alpha value is -4.24. The predicted molar refractivity (Wildman–Crippen MR) is 171 cm³/mol. The van der Waals surface area contributed by atoms with E-state index < -0.39 is 17.0 Å². The first kappa shape index (κ1) is 32.7. The highest BCUT2D eigenvalue weighted by atomic mass is 35.5. The van der Waals surface area contributed by atoms with Gasteiger partial charge in [0.1, 0.15) is 41.2 Å². The molecule has 1 saturated heterocycles. The van der Waals surface area contributed by atoms with Crippen LogP contribution in [0.5, 0.6) is 0 Å². The van der Waals surface area contributed by atoms with Gasteiger partial charge in [-0.15, -0.1) is 0 Å². The Labute approximate surface area is 264 Å². The number of nitriles is 1. The molecule has 1 N–H and O–H groups in total. The minimum absolute atomic E-state index is 0.00609. The summed E-state index contributed by atoms with van der Waals surface area (Å²) >= 11 is 5.01. The molecule has 2 heterocycles. The minimum atomic E-state index is -1.41. The lowest BCUT2D eigenvalue weighted by atomic mass is 10.0. The van der Waals surface area contributed by atoms with Gasteiger partial charge in [-0.05, 0) is 53.9 Å². The third-order valence-corrected chi connectivity index (χ3v) is 8.71. The van der Waals surface area contributed by atoms with Crippen molar-refractivity contribution in [2.75, 3.05) is 31.2 Å². The molecule has 0 radical (unpaired) electrons. The van der Waals surface area contributed by atoms with Crippen LogP contribution >= 0.6 is 11.6 Å². The van der Waals surface area contributed by atoms with Gasteiger partial charge in [-0.25, -0.2) is 14.4 Å². The Morgan fingerprint density at radius 3 is 2.66 bits per heavy atom. The Kier molecular flexibility index (Phi) is 10.4. The number of nitrogens with one attached hydrogen (secondary N) is 1. The van der Waals surface area contributed by atoms with Crippen LogP contribution in [0.1, 0.15) is 43.4 Å². The maximum absolute atomic E-state index is 16.1. The van der Waals surface area contributed by atoms with Gasteiger partial charge in [0.15, 0.2) is 4.90 Å². The number of pyridine rings is 1. The average Bonchev–Trinajstić information content (AvgIpc) is 3.00. The van der Waals surface area contributed by atoms with Crippen molar-refractivity contribution >= 4 is 52.4 Å². The van der Waals surface area contributed by atoms with E-state index in [-0.39, 0.29) is 56.9 Å². The Bertz CT molecular complexity index is 1650. The van der Waals surface area contributed by atoms with Gasteiger partial charge >= 0.3 is 0 Å². The second kappa shape index (κ2) is 14.0. The third-order valence-electron chi connectivity index (χ3n) is 7.35. The number of carbonyl (C=O) groups is 2. The molecule has 44 heavy (non-hydrogen) atoms. The van der Waals surface area contributed by atoms with Crippen molar-refractivity contribution in [3.63, 3.8) is 0 Å². The first-order chi connectivity index (χ1) is 21.0. The number of amides is 2. The Morgan fingerprint density at radius 2 is 2.05 bits per heavy atom. The summed E-state index contributed by atoms with van der Waals surface area (Å²) in [5.41, 5.74) is 1.65. The smallest absolute Gasteiger partial charge is 0.246 e. The summed E-state index contributed by atoms with van der Waals surface area (Å²) in [6.07, 6.45) is 3.25.